The van der Waals surface area contributed by atoms with E-state index < -0.39 is 0 Å². The molecular weight excluding hydrogens is 206 g/mol. The second-order valence-corrected chi connectivity index (χ2v) is 3.53. The largest absolute Gasteiger partial charge is 0.497 e. The van der Waals surface area contributed by atoms with Crippen molar-refractivity contribution >= 4 is 0 Å². The maximum atomic E-state index is 11.5. The van der Waals surface area contributed by atoms with Gasteiger partial charge in [0.2, 0.25) is 0 Å². The summed E-state index contributed by atoms with van der Waals surface area (Å²) in [6.45, 7) is 0.476. The van der Waals surface area contributed by atoms with Crippen LogP contribution < -0.4 is 10.4 Å². The monoisotopic (exact) mass is 219 g/mol. The highest BCUT2D eigenvalue weighted by molar-refractivity contribution is 5.27. The summed E-state index contributed by atoms with van der Waals surface area (Å²) < 4.78 is 7.93. The van der Waals surface area contributed by atoms with Crippen LogP contribution in [-0.4, -0.2) is 21.5 Å². The average molecular weight is 219 g/mol. The summed E-state index contributed by atoms with van der Waals surface area (Å²) in [5.41, 5.74) is 0.900. The van der Waals surface area contributed by atoms with Crippen molar-refractivity contribution in [3.05, 3.63) is 46.6 Å². The molecule has 0 fully saturated rings. The zero-order valence-corrected chi connectivity index (χ0v) is 9.25. The van der Waals surface area contributed by atoms with Gasteiger partial charge in [-0.1, -0.05) is 12.1 Å². The van der Waals surface area contributed by atoms with Crippen LogP contribution in [0.25, 0.3) is 0 Å². The van der Waals surface area contributed by atoms with E-state index in [9.17, 15) is 4.79 Å². The van der Waals surface area contributed by atoms with Crippen LogP contribution in [0.2, 0.25) is 0 Å². The molecule has 1 aromatic heterocycles. The van der Waals surface area contributed by atoms with Gasteiger partial charge in [0.25, 0.3) is 0 Å². The van der Waals surface area contributed by atoms with Gasteiger partial charge in [0.15, 0.2) is 0 Å². The minimum absolute atomic E-state index is 0.115. The van der Waals surface area contributed by atoms with E-state index in [-0.39, 0.29) is 5.69 Å². The van der Waals surface area contributed by atoms with Gasteiger partial charge < -0.3 is 4.74 Å². The van der Waals surface area contributed by atoms with Gasteiger partial charge in [-0.05, 0) is 17.7 Å². The molecule has 0 saturated carbocycles. The van der Waals surface area contributed by atoms with Crippen molar-refractivity contribution in [1.29, 1.82) is 0 Å². The van der Waals surface area contributed by atoms with Crippen LogP contribution in [0, 0.1) is 0 Å². The molecule has 0 atom stereocenters. The highest BCUT2D eigenvalue weighted by atomic mass is 16.5. The SMILES string of the molecule is COc1ccc(Cn2ncn(C)c2=O)cc1. The van der Waals surface area contributed by atoms with Crippen molar-refractivity contribution < 1.29 is 4.74 Å². The van der Waals surface area contributed by atoms with E-state index >= 15 is 0 Å². The first-order valence-electron chi connectivity index (χ1n) is 4.92. The molecule has 0 aliphatic rings. The second-order valence-electron chi connectivity index (χ2n) is 3.53. The lowest BCUT2D eigenvalue weighted by atomic mass is 10.2. The van der Waals surface area contributed by atoms with Crippen molar-refractivity contribution in [3.8, 4) is 5.75 Å². The molecule has 0 amide bonds. The summed E-state index contributed by atoms with van der Waals surface area (Å²) in [4.78, 5) is 11.5. The van der Waals surface area contributed by atoms with E-state index in [4.69, 9.17) is 4.74 Å². The van der Waals surface area contributed by atoms with Gasteiger partial charge in [0.05, 0.1) is 13.7 Å². The van der Waals surface area contributed by atoms with Crippen LogP contribution in [0.4, 0.5) is 0 Å². The molecule has 16 heavy (non-hydrogen) atoms. The Labute approximate surface area is 92.9 Å². The summed E-state index contributed by atoms with van der Waals surface area (Å²) >= 11 is 0. The lowest BCUT2D eigenvalue weighted by molar-refractivity contribution is 0.414. The first-order chi connectivity index (χ1) is 7.70. The molecule has 1 heterocycles. The molecule has 5 nitrogen and oxygen atoms in total. The van der Waals surface area contributed by atoms with Crippen LogP contribution in [0.15, 0.2) is 35.4 Å². The molecule has 0 radical (unpaired) electrons. The van der Waals surface area contributed by atoms with Crippen molar-refractivity contribution in [3.63, 3.8) is 0 Å². The zero-order chi connectivity index (χ0) is 11.5. The number of benzene rings is 1. The molecule has 0 aliphatic carbocycles. The van der Waals surface area contributed by atoms with Gasteiger partial charge >= 0.3 is 5.69 Å². The Morgan fingerprint density at radius 3 is 2.50 bits per heavy atom. The van der Waals surface area contributed by atoms with Crippen molar-refractivity contribution in [2.45, 2.75) is 6.54 Å². The molecule has 0 unspecified atom stereocenters. The standard InChI is InChI=1S/C11H13N3O2/c1-13-8-12-14(11(13)15)7-9-3-5-10(16-2)6-4-9/h3-6,8H,7H2,1-2H3. The van der Waals surface area contributed by atoms with Crippen molar-refractivity contribution in [2.24, 2.45) is 7.05 Å². The van der Waals surface area contributed by atoms with Crippen LogP contribution in [0.1, 0.15) is 5.56 Å². The van der Waals surface area contributed by atoms with Crippen molar-refractivity contribution in [1.82, 2.24) is 14.3 Å². The van der Waals surface area contributed by atoms with Gasteiger partial charge in [0.1, 0.15) is 12.1 Å². The fourth-order valence-corrected chi connectivity index (χ4v) is 1.43. The predicted octanol–water partition coefficient (Wildman–Crippen LogP) is 0.639. The fourth-order valence-electron chi connectivity index (χ4n) is 1.43. The predicted molar refractivity (Wildman–Crippen MR) is 59.6 cm³/mol. The lowest BCUT2D eigenvalue weighted by Crippen LogP contribution is -2.23. The topological polar surface area (TPSA) is 49.0 Å². The Morgan fingerprint density at radius 2 is 2.00 bits per heavy atom. The van der Waals surface area contributed by atoms with Gasteiger partial charge in [0, 0.05) is 7.05 Å². The van der Waals surface area contributed by atoms with E-state index in [1.807, 2.05) is 24.3 Å². The van der Waals surface area contributed by atoms with Crippen LogP contribution in [0.5, 0.6) is 5.75 Å². The van der Waals surface area contributed by atoms with Gasteiger partial charge in [-0.15, -0.1) is 0 Å². The zero-order valence-electron chi connectivity index (χ0n) is 9.25. The molecule has 0 saturated heterocycles. The van der Waals surface area contributed by atoms with Crippen LogP contribution in [0.3, 0.4) is 0 Å². The molecule has 5 heteroatoms. The highest BCUT2D eigenvalue weighted by Crippen LogP contribution is 2.11. The van der Waals surface area contributed by atoms with E-state index in [1.54, 1.807) is 14.2 Å². The molecule has 0 bridgehead atoms. The van der Waals surface area contributed by atoms with Gasteiger partial charge in [-0.2, -0.15) is 5.10 Å². The molecular formula is C11H13N3O2. The highest BCUT2D eigenvalue weighted by Gasteiger charge is 2.02. The number of ether oxygens (including phenoxy) is 1. The Kier molecular flexibility index (Phi) is 2.76. The lowest BCUT2D eigenvalue weighted by Gasteiger charge is -2.02. The molecule has 0 spiro atoms. The maximum Gasteiger partial charge on any atom is 0.345 e. The van der Waals surface area contributed by atoms with Crippen molar-refractivity contribution in [2.75, 3.05) is 7.11 Å². The second kappa shape index (κ2) is 4.22. The molecule has 2 rings (SSSR count). The summed E-state index contributed by atoms with van der Waals surface area (Å²) in [7, 11) is 3.30. The number of aryl methyl sites for hydroxylation is 1. The van der Waals surface area contributed by atoms with E-state index in [0.717, 1.165) is 11.3 Å². The van der Waals surface area contributed by atoms with E-state index in [0.29, 0.717) is 6.54 Å². The molecule has 84 valence electrons. The Hall–Kier alpha value is -2.04. The minimum Gasteiger partial charge on any atom is -0.497 e. The number of aromatic nitrogens is 3. The van der Waals surface area contributed by atoms with Gasteiger partial charge in [-0.25, -0.2) is 9.48 Å². The van der Waals surface area contributed by atoms with Gasteiger partial charge in [-0.3, -0.25) is 4.57 Å². The molecule has 1 aromatic carbocycles. The van der Waals surface area contributed by atoms with Crippen LogP contribution >= 0.6 is 0 Å². The third-order valence-electron chi connectivity index (χ3n) is 2.38. The first kappa shape index (κ1) is 10.5. The summed E-state index contributed by atoms with van der Waals surface area (Å²) in [5, 5.41) is 3.99. The smallest absolute Gasteiger partial charge is 0.345 e. The van der Waals surface area contributed by atoms with Crippen LogP contribution in [-0.2, 0) is 13.6 Å². The first-order valence-corrected chi connectivity index (χ1v) is 4.92. The Bertz CT molecular complexity index is 525. The average Bonchev–Trinajstić information content (AvgIpc) is 2.62. The maximum absolute atomic E-state index is 11.5. The fraction of sp³-hybridized carbons (Fsp3) is 0.273. The molecule has 0 aliphatic heterocycles. The number of nitrogens with zero attached hydrogens (tertiary/aromatic N) is 3. The Balaban J connectivity index is 2.21. The molecule has 0 N–H and O–H groups in total. The van der Waals surface area contributed by atoms with E-state index in [2.05, 4.69) is 5.10 Å². The van der Waals surface area contributed by atoms with E-state index in [1.165, 1.54) is 15.6 Å². The summed E-state index contributed by atoms with van der Waals surface area (Å²) in [5.74, 6) is 0.803. The number of hydrogen-bond acceptors (Lipinski definition) is 3. The molecule has 2 aromatic rings. The quantitative estimate of drug-likeness (QED) is 0.761. The Morgan fingerprint density at radius 1 is 1.31 bits per heavy atom. The number of hydrogen-bond donors (Lipinski definition) is 0. The summed E-state index contributed by atoms with van der Waals surface area (Å²) in [6, 6.07) is 7.56. The third-order valence-corrected chi connectivity index (χ3v) is 2.38. The minimum atomic E-state index is -0.115. The number of rotatable bonds is 3. The summed E-state index contributed by atoms with van der Waals surface area (Å²) in [6.07, 6.45) is 1.51. The third kappa shape index (κ3) is 1.98. The normalized spacial score (nSPS) is 10.4. The number of methoxy groups -OCH3 is 1.